The lowest BCUT2D eigenvalue weighted by molar-refractivity contribution is 0.0576. The minimum absolute atomic E-state index is 0.0168. The Labute approximate surface area is 582 Å². The molecule has 0 radical (unpaired) electrons. The van der Waals surface area contributed by atoms with Crippen LogP contribution in [0.5, 0.6) is 0 Å². The molecule has 3 aromatic rings. The summed E-state index contributed by atoms with van der Waals surface area (Å²) in [4.78, 5) is 74.8. The Morgan fingerprint density at radius 1 is 0.400 bits per heavy atom. The number of aliphatic hydroxyl groups is 12. The van der Waals surface area contributed by atoms with Crippen LogP contribution in [0.2, 0.25) is 0 Å². The van der Waals surface area contributed by atoms with Crippen molar-refractivity contribution >= 4 is 250 Å². The fourth-order valence-electron chi connectivity index (χ4n) is 8.36. The van der Waals surface area contributed by atoms with E-state index >= 15 is 4.79 Å². The first kappa shape index (κ1) is 74.8. The number of nitrogens with two attached hydrogens (primary N) is 4. The summed E-state index contributed by atoms with van der Waals surface area (Å²) in [6.45, 7) is -6.52. The van der Waals surface area contributed by atoms with Crippen LogP contribution in [0, 0.1) is 37.5 Å². The van der Waals surface area contributed by atoms with Crippen LogP contribution in [-0.2, 0) is 25.7 Å². The molecule has 0 aliphatic heterocycles. The summed E-state index contributed by atoms with van der Waals surface area (Å²) in [5, 5.41) is 126. The van der Waals surface area contributed by atoms with Crippen molar-refractivity contribution in [2.24, 2.45) is 28.3 Å². The second kappa shape index (κ2) is 33.7. The zero-order valence-corrected chi connectivity index (χ0v) is 61.4. The summed E-state index contributed by atoms with van der Waals surface area (Å²) in [5.74, 6) is -2.09. The van der Waals surface area contributed by atoms with Crippen LogP contribution in [0.25, 0.3) is 0 Å². The third-order valence-corrected chi connectivity index (χ3v) is 22.5. The van der Waals surface area contributed by atoms with Gasteiger partial charge in [0.15, 0.2) is 0 Å². The molecule has 34 heteroatoms. The van der Waals surface area contributed by atoms with Gasteiger partial charge in [-0.15, -0.1) is 0 Å². The van der Waals surface area contributed by atoms with Crippen LogP contribution in [0.4, 0.5) is 31.4 Å². The molecule has 8 amide bonds. The first-order valence-corrected chi connectivity index (χ1v) is 33.1. The third kappa shape index (κ3) is 18.5. The van der Waals surface area contributed by atoms with Crippen molar-refractivity contribution in [3.05, 3.63) is 65.5 Å². The lowest BCUT2D eigenvalue weighted by Crippen LogP contribution is -2.58. The minimum atomic E-state index is -1.82. The first-order valence-electron chi connectivity index (χ1n) is 23.3. The highest BCUT2D eigenvalue weighted by Crippen LogP contribution is 2.44. The Kier molecular flexibility index (Phi) is 31.5. The number of rotatable bonds is 29. The van der Waals surface area contributed by atoms with Crippen LogP contribution < -0.4 is 37.6 Å². The molecule has 20 N–H and O–H groups in total. The molecule has 0 aromatic heterocycles. The van der Waals surface area contributed by atoms with E-state index in [1.165, 1.54) is 6.92 Å². The molecule has 0 heterocycles. The van der Waals surface area contributed by atoms with E-state index < -0.39 is 144 Å². The van der Waals surface area contributed by atoms with Gasteiger partial charge in [-0.25, -0.2) is 14.4 Å². The van der Waals surface area contributed by atoms with E-state index in [2.05, 4.69) is 0 Å². The standard InChI is InChI=1S/C46H59I9N8O17/c1-46(15-62(43(58)78)38-31(49)23(2-17(70)8-64)29(47)24(32(38)50)3-18(71)9-65,16-63(44(59)79)39-33(51)25(4-19(72)10-66)30(48)26(34(39)52)5-20(73)11-67)14-60(6-21(74)12-68)45(80)61(7-22(75)13-69)40-36(54)27(41(56)76)35(53)28(37(40)55)42(57)77/h17-22,64-75H,2-16H2,1H3,(H2,56,76)(H2,57,77)(H2,58,78)(H2,59,79). The highest BCUT2D eigenvalue weighted by molar-refractivity contribution is 14.1. The summed E-state index contributed by atoms with van der Waals surface area (Å²) in [6.07, 6.45) is -9.55. The van der Waals surface area contributed by atoms with Gasteiger partial charge in [0, 0.05) is 75.7 Å². The van der Waals surface area contributed by atoms with Crippen molar-refractivity contribution in [2.45, 2.75) is 69.2 Å². The van der Waals surface area contributed by atoms with Crippen molar-refractivity contribution < 1.29 is 85.3 Å². The van der Waals surface area contributed by atoms with Gasteiger partial charge in [-0.1, -0.05) is 6.92 Å². The van der Waals surface area contributed by atoms with Gasteiger partial charge in [-0.2, -0.15) is 0 Å². The predicted octanol–water partition coefficient (Wildman–Crippen LogP) is 1.02. The van der Waals surface area contributed by atoms with Gasteiger partial charge >= 0.3 is 18.1 Å². The summed E-state index contributed by atoms with van der Waals surface area (Å²) in [5.41, 5.74) is 23.6. The van der Waals surface area contributed by atoms with E-state index in [9.17, 15) is 80.5 Å². The highest BCUT2D eigenvalue weighted by Gasteiger charge is 2.43. The molecular formula is C46H59I9N8O17. The Morgan fingerprint density at radius 2 is 0.675 bits per heavy atom. The van der Waals surface area contributed by atoms with Crippen LogP contribution >= 0.6 is 203 Å². The SMILES string of the molecule is CC(CN(CC(O)CO)C(=O)N(CC(O)CO)c1c(I)c(C(N)=O)c(I)c(C(N)=O)c1I)(CN(C(N)=O)c1c(I)c(CC(O)CO)c(I)c(CC(O)CO)c1I)CN(C(N)=O)c1c(I)c(CC(O)CO)c(I)c(CC(O)CO)c1I. The second-order valence-electron chi connectivity index (χ2n) is 18.5. The summed E-state index contributed by atoms with van der Waals surface area (Å²) in [6, 6.07) is -3.41. The Morgan fingerprint density at radius 3 is 0.938 bits per heavy atom. The van der Waals surface area contributed by atoms with Gasteiger partial charge in [0.25, 0.3) is 11.8 Å². The van der Waals surface area contributed by atoms with E-state index in [1.54, 1.807) is 67.8 Å². The third-order valence-electron chi connectivity index (χ3n) is 12.1. The summed E-state index contributed by atoms with van der Waals surface area (Å²) >= 11 is 16.8. The summed E-state index contributed by atoms with van der Waals surface area (Å²) < 4.78 is 2.23. The molecule has 0 fully saturated rings. The first-order chi connectivity index (χ1) is 37.2. The summed E-state index contributed by atoms with van der Waals surface area (Å²) in [7, 11) is 0. The molecule has 0 bridgehead atoms. The van der Waals surface area contributed by atoms with E-state index in [-0.39, 0.29) is 64.6 Å². The van der Waals surface area contributed by atoms with E-state index in [0.29, 0.717) is 43.7 Å². The molecule has 3 rings (SSSR count). The van der Waals surface area contributed by atoms with Crippen molar-refractivity contribution in [3.8, 4) is 0 Å². The van der Waals surface area contributed by atoms with Crippen LogP contribution in [0.15, 0.2) is 0 Å². The van der Waals surface area contributed by atoms with Crippen LogP contribution in [-0.4, -0.2) is 205 Å². The van der Waals surface area contributed by atoms with Gasteiger partial charge in [0.1, 0.15) is 0 Å². The number of aliphatic hydroxyl groups excluding tert-OH is 12. The van der Waals surface area contributed by atoms with Crippen molar-refractivity contribution in [1.29, 1.82) is 0 Å². The molecule has 448 valence electrons. The van der Waals surface area contributed by atoms with Crippen LogP contribution in [0.1, 0.15) is 49.9 Å². The maximum absolute atomic E-state index is 15.8. The molecule has 25 nitrogen and oxygen atoms in total. The number of amides is 8. The number of carbonyl (C=O) groups is 5. The fourth-order valence-corrected chi connectivity index (χ4v) is 22.4. The van der Waals surface area contributed by atoms with E-state index in [0.717, 1.165) is 19.6 Å². The Balaban J connectivity index is 2.71. The molecule has 6 atom stereocenters. The number of primary amides is 4. The number of carbonyl (C=O) groups excluding carboxylic acids is 5. The lowest BCUT2D eigenvalue weighted by Gasteiger charge is -2.44. The number of anilines is 3. The van der Waals surface area contributed by atoms with Gasteiger partial charge in [0.2, 0.25) is 0 Å². The number of urea groups is 3. The monoisotopic (exact) mass is 2140 g/mol. The van der Waals surface area contributed by atoms with Crippen molar-refractivity contribution in [3.63, 3.8) is 0 Å². The maximum atomic E-state index is 15.8. The average molecular weight is 2140 g/mol. The number of halogens is 9. The van der Waals surface area contributed by atoms with Gasteiger partial charge in [-0.05, 0) is 226 Å². The fraction of sp³-hybridized carbons (Fsp3) is 0.500. The molecule has 0 spiro atoms. The largest absolute Gasteiger partial charge is 0.394 e. The number of hydrogen-bond acceptors (Lipinski definition) is 17. The number of hydrogen-bond donors (Lipinski definition) is 16. The average Bonchev–Trinajstić information content (AvgIpc) is 3.38. The van der Waals surface area contributed by atoms with Crippen LogP contribution in [0.3, 0.4) is 0 Å². The van der Waals surface area contributed by atoms with Crippen molar-refractivity contribution in [2.75, 3.05) is 87.1 Å². The van der Waals surface area contributed by atoms with E-state index in [1.807, 2.05) is 136 Å². The molecule has 0 aliphatic carbocycles. The van der Waals surface area contributed by atoms with E-state index in [4.69, 9.17) is 22.9 Å². The Hall–Kier alpha value is 0.500. The highest BCUT2D eigenvalue weighted by atomic mass is 127. The zero-order chi connectivity index (χ0) is 61.2. The minimum Gasteiger partial charge on any atom is -0.394 e. The second-order valence-corrected chi connectivity index (χ2v) is 28.2. The van der Waals surface area contributed by atoms with Gasteiger partial charge in [0.05, 0.1) is 125 Å². The number of nitrogens with zero attached hydrogens (tertiary/aromatic N) is 4. The normalized spacial score (nSPS) is 14.6. The molecule has 80 heavy (non-hydrogen) atoms. The van der Waals surface area contributed by atoms with Gasteiger partial charge in [-0.3, -0.25) is 24.3 Å². The molecule has 0 aliphatic rings. The molecule has 0 saturated heterocycles. The quantitative estimate of drug-likeness (QED) is 0.0432. The topological polar surface area (TPSA) is 445 Å². The molecule has 6 unspecified atom stereocenters. The molecular weight excluding hydrogens is 2080 g/mol. The number of benzene rings is 3. The molecule has 0 saturated carbocycles. The maximum Gasteiger partial charge on any atom is 0.324 e. The predicted molar refractivity (Wildman–Crippen MR) is 370 cm³/mol. The zero-order valence-electron chi connectivity index (χ0n) is 42.0. The smallest absolute Gasteiger partial charge is 0.324 e. The molecule has 3 aromatic carbocycles. The van der Waals surface area contributed by atoms with Gasteiger partial charge < -0.3 is 89.1 Å². The lowest BCUT2D eigenvalue weighted by atomic mass is 9.87. The van der Waals surface area contributed by atoms with Crippen molar-refractivity contribution in [1.82, 2.24) is 4.90 Å². The Bertz CT molecular complexity index is 2550.